The SMILES string of the molecule is Cc1ccc(NC(=O)CCc2ccccc2O)cc1F. The first-order chi connectivity index (χ1) is 9.56. The second-order valence-electron chi connectivity index (χ2n) is 4.64. The van der Waals surface area contributed by atoms with Crippen LogP contribution in [0.1, 0.15) is 17.5 Å². The van der Waals surface area contributed by atoms with Gasteiger partial charge in [-0.15, -0.1) is 0 Å². The molecule has 0 atom stereocenters. The average Bonchev–Trinajstić information content (AvgIpc) is 2.42. The summed E-state index contributed by atoms with van der Waals surface area (Å²) in [4.78, 5) is 11.8. The topological polar surface area (TPSA) is 49.3 Å². The number of rotatable bonds is 4. The molecule has 0 spiro atoms. The lowest BCUT2D eigenvalue weighted by molar-refractivity contribution is -0.116. The van der Waals surface area contributed by atoms with Crippen LogP contribution in [0, 0.1) is 12.7 Å². The van der Waals surface area contributed by atoms with Crippen LogP contribution in [0.5, 0.6) is 5.75 Å². The van der Waals surface area contributed by atoms with Gasteiger partial charge >= 0.3 is 0 Å². The minimum atomic E-state index is -0.344. The first kappa shape index (κ1) is 14.1. The molecule has 1 amide bonds. The number of phenolic OH excluding ortho intramolecular Hbond substituents is 1. The molecule has 2 aromatic carbocycles. The third kappa shape index (κ3) is 3.57. The van der Waals surface area contributed by atoms with Gasteiger partial charge in [0.1, 0.15) is 11.6 Å². The number of carbonyl (C=O) groups is 1. The minimum Gasteiger partial charge on any atom is -0.508 e. The summed E-state index contributed by atoms with van der Waals surface area (Å²) in [5, 5.41) is 12.2. The van der Waals surface area contributed by atoms with Crippen LogP contribution in [0.25, 0.3) is 0 Å². The van der Waals surface area contributed by atoms with Gasteiger partial charge in [0.15, 0.2) is 0 Å². The fourth-order valence-corrected chi connectivity index (χ4v) is 1.86. The van der Waals surface area contributed by atoms with Crippen molar-refractivity contribution >= 4 is 11.6 Å². The summed E-state index contributed by atoms with van der Waals surface area (Å²) in [5.41, 5.74) is 1.70. The molecule has 0 aliphatic rings. The first-order valence-corrected chi connectivity index (χ1v) is 6.39. The summed E-state index contributed by atoms with van der Waals surface area (Å²) in [6.07, 6.45) is 0.667. The number of para-hydroxylation sites is 1. The summed E-state index contributed by atoms with van der Waals surface area (Å²) < 4.78 is 13.3. The number of carbonyl (C=O) groups excluding carboxylic acids is 1. The molecule has 4 heteroatoms. The Morgan fingerprint density at radius 2 is 2.00 bits per heavy atom. The van der Waals surface area contributed by atoms with E-state index in [9.17, 15) is 14.3 Å². The number of hydrogen-bond donors (Lipinski definition) is 2. The van der Waals surface area contributed by atoms with Crippen molar-refractivity contribution in [2.24, 2.45) is 0 Å². The van der Waals surface area contributed by atoms with E-state index in [-0.39, 0.29) is 23.9 Å². The van der Waals surface area contributed by atoms with E-state index in [1.54, 1.807) is 37.3 Å². The number of anilines is 1. The number of benzene rings is 2. The van der Waals surface area contributed by atoms with Gasteiger partial charge in [-0.25, -0.2) is 4.39 Å². The number of halogens is 1. The Hall–Kier alpha value is -2.36. The third-order valence-electron chi connectivity index (χ3n) is 3.07. The number of phenols is 1. The molecule has 0 heterocycles. The van der Waals surface area contributed by atoms with Crippen LogP contribution < -0.4 is 5.32 Å². The second-order valence-corrected chi connectivity index (χ2v) is 4.64. The maximum atomic E-state index is 13.3. The maximum Gasteiger partial charge on any atom is 0.224 e. The quantitative estimate of drug-likeness (QED) is 0.896. The van der Waals surface area contributed by atoms with E-state index in [0.717, 1.165) is 5.56 Å². The number of hydrogen-bond acceptors (Lipinski definition) is 2. The van der Waals surface area contributed by atoms with E-state index < -0.39 is 0 Å². The van der Waals surface area contributed by atoms with Crippen LogP contribution >= 0.6 is 0 Å². The molecule has 0 aromatic heterocycles. The number of aromatic hydroxyl groups is 1. The highest BCUT2D eigenvalue weighted by Crippen LogP contribution is 2.18. The molecule has 0 saturated carbocycles. The molecule has 2 aromatic rings. The molecule has 2 rings (SSSR count). The lowest BCUT2D eigenvalue weighted by Gasteiger charge is -2.07. The van der Waals surface area contributed by atoms with Crippen LogP contribution in [0.3, 0.4) is 0 Å². The van der Waals surface area contributed by atoms with E-state index in [1.165, 1.54) is 6.07 Å². The standard InChI is InChI=1S/C16H16FNO2/c1-11-6-8-13(10-14(11)17)18-16(20)9-7-12-4-2-3-5-15(12)19/h2-6,8,10,19H,7,9H2,1H3,(H,18,20). The van der Waals surface area contributed by atoms with Crippen LogP contribution in [0.4, 0.5) is 10.1 Å². The molecule has 104 valence electrons. The van der Waals surface area contributed by atoms with Gasteiger partial charge < -0.3 is 10.4 Å². The van der Waals surface area contributed by atoms with Gasteiger partial charge in [-0.05, 0) is 42.7 Å². The Morgan fingerprint density at radius 3 is 2.70 bits per heavy atom. The molecule has 3 nitrogen and oxygen atoms in total. The van der Waals surface area contributed by atoms with E-state index in [4.69, 9.17) is 0 Å². The van der Waals surface area contributed by atoms with Crippen molar-refractivity contribution in [3.05, 3.63) is 59.4 Å². The van der Waals surface area contributed by atoms with Crippen molar-refractivity contribution < 1.29 is 14.3 Å². The Labute approximate surface area is 117 Å². The summed E-state index contributed by atoms with van der Waals surface area (Å²) in [6.45, 7) is 1.67. The van der Waals surface area contributed by atoms with E-state index in [0.29, 0.717) is 17.7 Å². The zero-order valence-electron chi connectivity index (χ0n) is 11.2. The molecule has 20 heavy (non-hydrogen) atoms. The summed E-state index contributed by atoms with van der Waals surface area (Å²) in [7, 11) is 0. The van der Waals surface area contributed by atoms with Crippen molar-refractivity contribution in [2.45, 2.75) is 19.8 Å². The minimum absolute atomic E-state index is 0.182. The van der Waals surface area contributed by atoms with Gasteiger partial charge in [-0.3, -0.25) is 4.79 Å². The van der Waals surface area contributed by atoms with Crippen LogP contribution in [-0.4, -0.2) is 11.0 Å². The number of nitrogens with one attached hydrogen (secondary N) is 1. The molecule has 0 bridgehead atoms. The molecule has 0 fully saturated rings. The smallest absolute Gasteiger partial charge is 0.224 e. The van der Waals surface area contributed by atoms with Crippen LogP contribution in [0.2, 0.25) is 0 Å². The predicted molar refractivity (Wildman–Crippen MR) is 76.2 cm³/mol. The molecular weight excluding hydrogens is 257 g/mol. The van der Waals surface area contributed by atoms with Crippen molar-refractivity contribution in [1.29, 1.82) is 0 Å². The van der Waals surface area contributed by atoms with Gasteiger partial charge in [0.2, 0.25) is 5.91 Å². The molecule has 0 aliphatic heterocycles. The van der Waals surface area contributed by atoms with E-state index in [2.05, 4.69) is 5.32 Å². The number of aryl methyl sites for hydroxylation is 2. The Kier molecular flexibility index (Phi) is 4.35. The highest BCUT2D eigenvalue weighted by molar-refractivity contribution is 5.90. The molecule has 2 N–H and O–H groups in total. The van der Waals surface area contributed by atoms with Crippen molar-refractivity contribution in [3.8, 4) is 5.75 Å². The first-order valence-electron chi connectivity index (χ1n) is 6.39. The van der Waals surface area contributed by atoms with Gasteiger partial charge in [0, 0.05) is 12.1 Å². The van der Waals surface area contributed by atoms with Crippen LogP contribution in [-0.2, 0) is 11.2 Å². The zero-order chi connectivity index (χ0) is 14.5. The fraction of sp³-hybridized carbons (Fsp3) is 0.188. The van der Waals surface area contributed by atoms with Crippen molar-refractivity contribution in [3.63, 3.8) is 0 Å². The summed E-state index contributed by atoms with van der Waals surface area (Å²) >= 11 is 0. The molecule has 0 aliphatic carbocycles. The highest BCUT2D eigenvalue weighted by Gasteiger charge is 2.07. The van der Waals surface area contributed by atoms with Gasteiger partial charge in [-0.1, -0.05) is 24.3 Å². The van der Waals surface area contributed by atoms with Gasteiger partial charge in [-0.2, -0.15) is 0 Å². The maximum absolute atomic E-state index is 13.3. The fourth-order valence-electron chi connectivity index (χ4n) is 1.86. The number of amides is 1. The highest BCUT2D eigenvalue weighted by atomic mass is 19.1. The molecule has 0 saturated heterocycles. The predicted octanol–water partition coefficient (Wildman–Crippen LogP) is 3.41. The van der Waals surface area contributed by atoms with Gasteiger partial charge in [0.25, 0.3) is 0 Å². The van der Waals surface area contributed by atoms with Crippen molar-refractivity contribution in [2.75, 3.05) is 5.32 Å². The van der Waals surface area contributed by atoms with Crippen LogP contribution in [0.15, 0.2) is 42.5 Å². The van der Waals surface area contributed by atoms with Gasteiger partial charge in [0.05, 0.1) is 0 Å². The van der Waals surface area contributed by atoms with Crippen molar-refractivity contribution in [1.82, 2.24) is 0 Å². The molecular formula is C16H16FNO2. The monoisotopic (exact) mass is 273 g/mol. The molecule has 0 radical (unpaired) electrons. The summed E-state index contributed by atoms with van der Waals surface area (Å²) in [6, 6.07) is 11.5. The average molecular weight is 273 g/mol. The normalized spacial score (nSPS) is 10.3. The van der Waals surface area contributed by atoms with E-state index >= 15 is 0 Å². The lowest BCUT2D eigenvalue weighted by Crippen LogP contribution is -2.12. The Balaban J connectivity index is 1.93. The second kappa shape index (κ2) is 6.19. The Bertz CT molecular complexity index is 626. The Morgan fingerprint density at radius 1 is 1.25 bits per heavy atom. The lowest BCUT2D eigenvalue weighted by atomic mass is 10.1. The largest absolute Gasteiger partial charge is 0.508 e. The summed E-state index contributed by atoms with van der Waals surface area (Å²) in [5.74, 6) is -0.373. The van der Waals surface area contributed by atoms with E-state index in [1.807, 2.05) is 6.07 Å². The zero-order valence-corrected chi connectivity index (χ0v) is 11.2. The third-order valence-corrected chi connectivity index (χ3v) is 3.07. The molecule has 0 unspecified atom stereocenters.